The number of halogens is 2. The number of aliphatic hydroxyl groups is 1. The molecule has 156 valence electrons. The molecule has 1 aliphatic rings. The molecule has 1 amide bonds. The minimum atomic E-state index is -0.873. The van der Waals surface area contributed by atoms with Crippen LogP contribution in [0, 0.1) is 0 Å². The van der Waals surface area contributed by atoms with Crippen LogP contribution in [-0.4, -0.2) is 28.9 Å². The highest BCUT2D eigenvalue weighted by molar-refractivity contribution is 6.51. The van der Waals surface area contributed by atoms with E-state index in [4.69, 9.17) is 27.9 Å². The third kappa shape index (κ3) is 3.76. The maximum atomic E-state index is 13.1. The van der Waals surface area contributed by atoms with Crippen molar-refractivity contribution in [3.8, 4) is 5.75 Å². The van der Waals surface area contributed by atoms with Gasteiger partial charge in [0.05, 0.1) is 23.7 Å². The zero-order valence-electron chi connectivity index (χ0n) is 16.3. The minimum Gasteiger partial charge on any atom is -0.507 e. The summed E-state index contributed by atoms with van der Waals surface area (Å²) < 4.78 is 5.14. The number of anilines is 1. The Hall–Kier alpha value is -3.35. The number of methoxy groups -OCH3 is 1. The number of hydrogen-bond donors (Lipinski definition) is 1. The molecule has 8 heteroatoms. The highest BCUT2D eigenvalue weighted by atomic mass is 35.5. The lowest BCUT2D eigenvalue weighted by Crippen LogP contribution is -2.29. The summed E-state index contributed by atoms with van der Waals surface area (Å²) in [6, 6.07) is 13.7. The van der Waals surface area contributed by atoms with E-state index in [2.05, 4.69) is 4.98 Å². The monoisotopic (exact) mass is 454 g/mol. The van der Waals surface area contributed by atoms with Gasteiger partial charge in [0, 0.05) is 28.7 Å². The van der Waals surface area contributed by atoms with Gasteiger partial charge in [0.2, 0.25) is 0 Å². The standard InChI is InChI=1S/C23H16Cl2N2O4/c1-31-18-6-5-14(11-17(18)25)21(28)19-20(13-7-9-26-10-8-13)27(23(30)22(19)29)16-4-2-3-15(24)12-16/h2-12,20,28H,1H3/b21-19+. The highest BCUT2D eigenvalue weighted by Crippen LogP contribution is 2.43. The van der Waals surface area contributed by atoms with Crippen molar-refractivity contribution >= 4 is 46.3 Å². The van der Waals surface area contributed by atoms with E-state index < -0.39 is 17.7 Å². The molecule has 1 fully saturated rings. The minimum absolute atomic E-state index is 0.0580. The van der Waals surface area contributed by atoms with Crippen molar-refractivity contribution in [2.75, 3.05) is 12.0 Å². The molecule has 0 bridgehead atoms. The number of nitrogens with zero attached hydrogens (tertiary/aromatic N) is 2. The van der Waals surface area contributed by atoms with Crippen molar-refractivity contribution in [1.29, 1.82) is 0 Å². The van der Waals surface area contributed by atoms with Crippen molar-refractivity contribution in [3.63, 3.8) is 0 Å². The number of carbonyl (C=O) groups excluding carboxylic acids is 2. The van der Waals surface area contributed by atoms with E-state index in [0.717, 1.165) is 0 Å². The smallest absolute Gasteiger partial charge is 0.300 e. The van der Waals surface area contributed by atoms with Gasteiger partial charge in [0.15, 0.2) is 0 Å². The van der Waals surface area contributed by atoms with E-state index >= 15 is 0 Å². The van der Waals surface area contributed by atoms with Gasteiger partial charge in [0.1, 0.15) is 11.5 Å². The Balaban J connectivity index is 1.93. The largest absolute Gasteiger partial charge is 0.507 e. The fourth-order valence-electron chi connectivity index (χ4n) is 3.56. The summed E-state index contributed by atoms with van der Waals surface area (Å²) in [7, 11) is 1.47. The molecule has 1 N–H and O–H groups in total. The topological polar surface area (TPSA) is 79.7 Å². The Morgan fingerprint density at radius 1 is 1.06 bits per heavy atom. The fraction of sp³-hybridized carbons (Fsp3) is 0.0870. The van der Waals surface area contributed by atoms with Gasteiger partial charge in [-0.25, -0.2) is 0 Å². The summed E-state index contributed by atoms with van der Waals surface area (Å²) in [5.41, 5.74) is 1.27. The summed E-state index contributed by atoms with van der Waals surface area (Å²) in [4.78, 5) is 31.4. The van der Waals surface area contributed by atoms with Gasteiger partial charge in [-0.2, -0.15) is 0 Å². The first-order chi connectivity index (χ1) is 14.9. The molecule has 2 heterocycles. The Morgan fingerprint density at radius 2 is 1.81 bits per heavy atom. The predicted molar refractivity (Wildman–Crippen MR) is 118 cm³/mol. The van der Waals surface area contributed by atoms with Crippen LogP contribution in [0.4, 0.5) is 5.69 Å². The molecule has 0 radical (unpaired) electrons. The lowest BCUT2D eigenvalue weighted by Gasteiger charge is -2.25. The Labute approximate surface area is 188 Å². The number of aliphatic hydroxyl groups excluding tert-OH is 1. The van der Waals surface area contributed by atoms with Gasteiger partial charge >= 0.3 is 0 Å². The van der Waals surface area contributed by atoms with Gasteiger partial charge in [-0.15, -0.1) is 0 Å². The van der Waals surface area contributed by atoms with Gasteiger partial charge in [-0.05, 0) is 54.1 Å². The van der Waals surface area contributed by atoms with E-state index in [-0.39, 0.29) is 21.9 Å². The summed E-state index contributed by atoms with van der Waals surface area (Å²) in [6.07, 6.45) is 3.11. The van der Waals surface area contributed by atoms with E-state index in [1.807, 2.05) is 0 Å². The number of benzene rings is 2. The first-order valence-electron chi connectivity index (χ1n) is 9.22. The number of rotatable bonds is 4. The zero-order valence-corrected chi connectivity index (χ0v) is 17.8. The van der Waals surface area contributed by atoms with Crippen LogP contribution in [0.5, 0.6) is 5.75 Å². The van der Waals surface area contributed by atoms with Gasteiger partial charge in [-0.1, -0.05) is 29.3 Å². The number of ketones is 1. The molecule has 31 heavy (non-hydrogen) atoms. The summed E-state index contributed by atoms with van der Waals surface area (Å²) in [6.45, 7) is 0. The number of hydrogen-bond acceptors (Lipinski definition) is 5. The molecule has 6 nitrogen and oxygen atoms in total. The first-order valence-corrected chi connectivity index (χ1v) is 9.98. The zero-order chi connectivity index (χ0) is 22.1. The average molecular weight is 455 g/mol. The summed E-state index contributed by atoms with van der Waals surface area (Å²) >= 11 is 12.3. The average Bonchev–Trinajstić information content (AvgIpc) is 3.04. The van der Waals surface area contributed by atoms with Gasteiger partial charge < -0.3 is 9.84 Å². The lowest BCUT2D eigenvalue weighted by atomic mass is 9.95. The van der Waals surface area contributed by atoms with Crippen LogP contribution >= 0.6 is 23.2 Å². The third-order valence-electron chi connectivity index (χ3n) is 4.98. The van der Waals surface area contributed by atoms with E-state index in [1.54, 1.807) is 60.9 Å². The van der Waals surface area contributed by atoms with Crippen LogP contribution in [-0.2, 0) is 9.59 Å². The summed E-state index contributed by atoms with van der Waals surface area (Å²) in [5, 5.41) is 11.8. The van der Waals surface area contributed by atoms with Crippen molar-refractivity contribution in [2.24, 2.45) is 0 Å². The molecule has 0 aliphatic carbocycles. The maximum Gasteiger partial charge on any atom is 0.300 e. The van der Waals surface area contributed by atoms with Crippen molar-refractivity contribution in [1.82, 2.24) is 4.98 Å². The molecule has 1 aliphatic heterocycles. The fourth-order valence-corrected chi connectivity index (χ4v) is 4.00. The number of aromatic nitrogens is 1. The molecule has 0 spiro atoms. The van der Waals surface area contributed by atoms with Gasteiger partial charge in [-0.3, -0.25) is 19.5 Å². The molecule has 4 rings (SSSR count). The highest BCUT2D eigenvalue weighted by Gasteiger charge is 2.47. The number of amides is 1. The number of ether oxygens (including phenoxy) is 1. The van der Waals surface area contributed by atoms with Crippen molar-refractivity contribution < 1.29 is 19.4 Å². The van der Waals surface area contributed by atoms with Crippen molar-refractivity contribution in [2.45, 2.75) is 6.04 Å². The third-order valence-corrected chi connectivity index (χ3v) is 5.51. The molecule has 2 aromatic carbocycles. The van der Waals surface area contributed by atoms with E-state index in [0.29, 0.717) is 22.0 Å². The van der Waals surface area contributed by atoms with Crippen LogP contribution in [0.3, 0.4) is 0 Å². The van der Waals surface area contributed by atoms with Crippen LogP contribution < -0.4 is 9.64 Å². The van der Waals surface area contributed by atoms with Crippen molar-refractivity contribution in [3.05, 3.63) is 93.7 Å². The first kappa shape index (κ1) is 20.9. The molecule has 1 saturated heterocycles. The van der Waals surface area contributed by atoms with E-state index in [9.17, 15) is 14.7 Å². The second-order valence-electron chi connectivity index (χ2n) is 6.78. The Kier molecular flexibility index (Phi) is 5.67. The molecular weight excluding hydrogens is 439 g/mol. The van der Waals surface area contributed by atoms with Crippen LogP contribution in [0.2, 0.25) is 10.0 Å². The number of carbonyl (C=O) groups is 2. The second kappa shape index (κ2) is 8.41. The van der Waals surface area contributed by atoms with E-state index in [1.165, 1.54) is 18.1 Å². The molecule has 0 saturated carbocycles. The number of Topliss-reactive ketones (excluding diaryl/α,β-unsaturated/α-hetero) is 1. The maximum absolute atomic E-state index is 13.1. The Bertz CT molecular complexity index is 1210. The Morgan fingerprint density at radius 3 is 2.45 bits per heavy atom. The number of pyridine rings is 1. The van der Waals surface area contributed by atoms with Crippen LogP contribution in [0.15, 0.2) is 72.6 Å². The molecule has 1 unspecified atom stereocenters. The lowest BCUT2D eigenvalue weighted by molar-refractivity contribution is -0.132. The second-order valence-corrected chi connectivity index (χ2v) is 7.62. The van der Waals surface area contributed by atoms with Gasteiger partial charge in [0.25, 0.3) is 11.7 Å². The van der Waals surface area contributed by atoms with Crippen LogP contribution in [0.1, 0.15) is 17.2 Å². The molecule has 3 aromatic rings. The van der Waals surface area contributed by atoms with Crippen LogP contribution in [0.25, 0.3) is 5.76 Å². The SMILES string of the molecule is COc1ccc(/C(O)=C2\C(=O)C(=O)N(c3cccc(Cl)c3)C2c2ccncc2)cc1Cl. The normalized spacial score (nSPS) is 17.8. The summed E-state index contributed by atoms with van der Waals surface area (Å²) in [5.74, 6) is -1.51. The predicted octanol–water partition coefficient (Wildman–Crippen LogP) is 5.02. The quantitative estimate of drug-likeness (QED) is 0.340. The molecular formula is C23H16Cl2N2O4. The molecule has 1 aromatic heterocycles. The molecule has 1 atom stereocenters.